The van der Waals surface area contributed by atoms with Gasteiger partial charge in [0.25, 0.3) is 5.91 Å². The maximum Gasteiger partial charge on any atom is 0.262 e. The molecule has 1 N–H and O–H groups in total. The molecule has 0 aliphatic rings. The minimum Gasteiger partial charge on any atom is -0.484 e. The molecule has 0 unspecified atom stereocenters. The van der Waals surface area contributed by atoms with Gasteiger partial charge in [0, 0.05) is 5.69 Å². The number of hydrogen-bond acceptors (Lipinski definition) is 4. The molecule has 0 spiro atoms. The van der Waals surface area contributed by atoms with E-state index in [2.05, 4.69) is 24.1 Å². The summed E-state index contributed by atoms with van der Waals surface area (Å²) in [7, 11) is 0. The van der Waals surface area contributed by atoms with Crippen molar-refractivity contribution < 1.29 is 13.9 Å². The summed E-state index contributed by atoms with van der Waals surface area (Å²) in [4.78, 5) is 16.9. The zero-order chi connectivity index (χ0) is 21.8. The molecule has 0 aliphatic heterocycles. The first-order valence-corrected chi connectivity index (χ1v) is 10.6. The molecule has 158 valence electrons. The fraction of sp³-hybridized carbons (Fsp3) is 0.200. The highest BCUT2D eigenvalue weighted by Gasteiger charge is 2.14. The average Bonchev–Trinajstić information content (AvgIpc) is 3.22. The zero-order valence-electron chi connectivity index (χ0n) is 17.4. The molecule has 0 aliphatic carbocycles. The van der Waals surface area contributed by atoms with Gasteiger partial charge in [-0.15, -0.1) is 0 Å². The lowest BCUT2D eigenvalue weighted by Gasteiger charge is -2.09. The molecule has 0 radical (unpaired) electrons. The number of oxazole rings is 1. The number of fused-ring (bicyclic) bond motifs is 1. The standard InChI is InChI=1S/C25H23ClN2O3/c1-3-16-5-9-19(10-6-16)30-15-24(29)27-18-8-11-21(26)20(14-18)25-28-22-13-17(4-2)7-12-23(22)31-25/h5-14H,3-4,15H2,1-2H3,(H,27,29). The highest BCUT2D eigenvalue weighted by atomic mass is 35.5. The quantitative estimate of drug-likeness (QED) is 0.371. The SMILES string of the molecule is CCc1ccc(OCC(=O)Nc2ccc(Cl)c(-c3nc4cc(CC)ccc4o3)c2)cc1. The molecule has 0 atom stereocenters. The number of carbonyl (C=O) groups is 1. The van der Waals surface area contributed by atoms with E-state index in [1.165, 1.54) is 11.1 Å². The summed E-state index contributed by atoms with van der Waals surface area (Å²) in [6.45, 7) is 4.09. The van der Waals surface area contributed by atoms with Crippen LogP contribution in [0, 0.1) is 0 Å². The first-order chi connectivity index (χ1) is 15.1. The van der Waals surface area contributed by atoms with Crippen molar-refractivity contribution in [2.45, 2.75) is 26.7 Å². The third-order valence-corrected chi connectivity index (χ3v) is 5.37. The fourth-order valence-corrected chi connectivity index (χ4v) is 3.44. The Labute approximate surface area is 186 Å². The summed E-state index contributed by atoms with van der Waals surface area (Å²) in [5.41, 5.74) is 5.08. The monoisotopic (exact) mass is 434 g/mol. The molecule has 0 bridgehead atoms. The third-order valence-electron chi connectivity index (χ3n) is 5.04. The molecule has 4 rings (SSSR count). The molecular formula is C25H23ClN2O3. The number of anilines is 1. The molecule has 3 aromatic carbocycles. The van der Waals surface area contributed by atoms with E-state index in [0.717, 1.165) is 18.4 Å². The van der Waals surface area contributed by atoms with E-state index in [9.17, 15) is 4.79 Å². The van der Waals surface area contributed by atoms with Crippen molar-refractivity contribution in [3.05, 3.63) is 76.8 Å². The van der Waals surface area contributed by atoms with Gasteiger partial charge in [0.15, 0.2) is 12.2 Å². The number of rotatable bonds is 7. The van der Waals surface area contributed by atoms with Gasteiger partial charge >= 0.3 is 0 Å². The van der Waals surface area contributed by atoms with Crippen LogP contribution in [0.4, 0.5) is 5.69 Å². The summed E-state index contributed by atoms with van der Waals surface area (Å²) in [6, 6.07) is 18.8. The normalized spacial score (nSPS) is 10.9. The lowest BCUT2D eigenvalue weighted by Crippen LogP contribution is -2.20. The lowest BCUT2D eigenvalue weighted by molar-refractivity contribution is -0.118. The first-order valence-electron chi connectivity index (χ1n) is 10.3. The van der Waals surface area contributed by atoms with Crippen LogP contribution < -0.4 is 10.1 Å². The van der Waals surface area contributed by atoms with E-state index < -0.39 is 0 Å². The van der Waals surface area contributed by atoms with Gasteiger partial charge in [0.2, 0.25) is 5.89 Å². The summed E-state index contributed by atoms with van der Waals surface area (Å²) in [6.07, 6.45) is 1.88. The van der Waals surface area contributed by atoms with Crippen LogP contribution in [0.5, 0.6) is 5.75 Å². The van der Waals surface area contributed by atoms with Gasteiger partial charge in [0.05, 0.1) is 10.6 Å². The van der Waals surface area contributed by atoms with Crippen LogP contribution in [0.2, 0.25) is 5.02 Å². The Morgan fingerprint density at radius 2 is 1.74 bits per heavy atom. The molecule has 5 nitrogen and oxygen atoms in total. The number of amides is 1. The predicted molar refractivity (Wildman–Crippen MR) is 124 cm³/mol. The van der Waals surface area contributed by atoms with Gasteiger partial charge in [-0.1, -0.05) is 43.6 Å². The van der Waals surface area contributed by atoms with Crippen molar-refractivity contribution in [1.29, 1.82) is 0 Å². The van der Waals surface area contributed by atoms with Crippen LogP contribution in [-0.4, -0.2) is 17.5 Å². The van der Waals surface area contributed by atoms with Crippen molar-refractivity contribution in [3.63, 3.8) is 0 Å². The second-order valence-corrected chi connectivity index (χ2v) is 7.61. The Bertz CT molecular complexity index is 1220. The molecular weight excluding hydrogens is 412 g/mol. The fourth-order valence-electron chi connectivity index (χ4n) is 3.24. The summed E-state index contributed by atoms with van der Waals surface area (Å²) < 4.78 is 11.5. The van der Waals surface area contributed by atoms with E-state index in [-0.39, 0.29) is 12.5 Å². The largest absolute Gasteiger partial charge is 0.484 e. The number of aryl methyl sites for hydroxylation is 2. The van der Waals surface area contributed by atoms with Crippen LogP contribution in [0.15, 0.2) is 65.1 Å². The zero-order valence-corrected chi connectivity index (χ0v) is 18.2. The van der Waals surface area contributed by atoms with Crippen molar-refractivity contribution in [3.8, 4) is 17.2 Å². The Hall–Kier alpha value is -3.31. The molecule has 1 aromatic heterocycles. The highest BCUT2D eigenvalue weighted by Crippen LogP contribution is 2.32. The van der Waals surface area contributed by atoms with Crippen molar-refractivity contribution in [2.75, 3.05) is 11.9 Å². The summed E-state index contributed by atoms with van der Waals surface area (Å²) >= 11 is 6.38. The van der Waals surface area contributed by atoms with E-state index in [1.54, 1.807) is 18.2 Å². The molecule has 0 fully saturated rings. The van der Waals surface area contributed by atoms with Crippen LogP contribution in [0.3, 0.4) is 0 Å². The Morgan fingerprint density at radius 1 is 1.00 bits per heavy atom. The number of nitrogens with one attached hydrogen (secondary N) is 1. The van der Waals surface area contributed by atoms with E-state index in [4.69, 9.17) is 20.8 Å². The summed E-state index contributed by atoms with van der Waals surface area (Å²) in [5, 5.41) is 3.33. The predicted octanol–water partition coefficient (Wildman–Crippen LogP) is 6.29. The van der Waals surface area contributed by atoms with Gasteiger partial charge in [-0.25, -0.2) is 4.98 Å². The molecule has 1 heterocycles. The van der Waals surface area contributed by atoms with Crippen molar-refractivity contribution in [1.82, 2.24) is 4.98 Å². The topological polar surface area (TPSA) is 64.4 Å². The summed E-state index contributed by atoms with van der Waals surface area (Å²) in [5.74, 6) is 0.802. The van der Waals surface area contributed by atoms with Crippen molar-refractivity contribution >= 4 is 34.3 Å². The van der Waals surface area contributed by atoms with Gasteiger partial charge in [-0.05, 0) is 66.4 Å². The number of aromatic nitrogens is 1. The Morgan fingerprint density at radius 3 is 2.48 bits per heavy atom. The van der Waals surface area contributed by atoms with Crippen LogP contribution in [0.1, 0.15) is 25.0 Å². The smallest absolute Gasteiger partial charge is 0.262 e. The third kappa shape index (κ3) is 4.89. The van der Waals surface area contributed by atoms with Crippen LogP contribution >= 0.6 is 11.6 Å². The number of hydrogen-bond donors (Lipinski definition) is 1. The Balaban J connectivity index is 1.47. The second-order valence-electron chi connectivity index (χ2n) is 7.20. The maximum absolute atomic E-state index is 12.3. The maximum atomic E-state index is 12.3. The van der Waals surface area contributed by atoms with E-state index >= 15 is 0 Å². The molecule has 31 heavy (non-hydrogen) atoms. The van der Waals surface area contributed by atoms with Gasteiger partial charge in [-0.2, -0.15) is 0 Å². The highest BCUT2D eigenvalue weighted by molar-refractivity contribution is 6.33. The molecule has 0 saturated carbocycles. The van der Waals surface area contributed by atoms with E-state index in [1.807, 2.05) is 42.5 Å². The van der Waals surface area contributed by atoms with Gasteiger partial charge < -0.3 is 14.5 Å². The molecule has 4 aromatic rings. The Kier molecular flexibility index (Phi) is 6.23. The molecule has 6 heteroatoms. The number of benzene rings is 3. The van der Waals surface area contributed by atoms with Crippen molar-refractivity contribution in [2.24, 2.45) is 0 Å². The first kappa shape index (κ1) is 20.9. The number of carbonyl (C=O) groups excluding carboxylic acids is 1. The second kappa shape index (κ2) is 9.23. The number of nitrogens with zero attached hydrogens (tertiary/aromatic N) is 1. The number of ether oxygens (including phenoxy) is 1. The molecule has 1 amide bonds. The minimum atomic E-state index is -0.266. The van der Waals surface area contributed by atoms with Gasteiger partial charge in [0.1, 0.15) is 11.3 Å². The van der Waals surface area contributed by atoms with Crippen LogP contribution in [-0.2, 0) is 17.6 Å². The van der Waals surface area contributed by atoms with Crippen LogP contribution in [0.25, 0.3) is 22.6 Å². The number of halogens is 1. The average molecular weight is 435 g/mol. The lowest BCUT2D eigenvalue weighted by atomic mass is 10.1. The molecule has 0 saturated heterocycles. The minimum absolute atomic E-state index is 0.0912. The van der Waals surface area contributed by atoms with Gasteiger partial charge in [-0.3, -0.25) is 4.79 Å². The van der Waals surface area contributed by atoms with E-state index in [0.29, 0.717) is 33.5 Å².